The first-order valence-electron chi connectivity index (χ1n) is 9.83. The highest BCUT2D eigenvalue weighted by Crippen LogP contribution is 2.37. The van der Waals surface area contributed by atoms with Crippen LogP contribution in [0.15, 0.2) is 78.9 Å². The van der Waals surface area contributed by atoms with Crippen molar-refractivity contribution >= 4 is 24.7 Å². The van der Waals surface area contributed by atoms with Gasteiger partial charge in [0, 0.05) is 0 Å². The molecule has 0 atom stereocenters. The number of aromatic carboxylic acids is 1. The standard InChI is InChI=1S/C25H28O3Si/c1-19-15-16-23(24(26)27)20(17-19)18-28-29(25(2,3)4,21-11-7-5-8-12-21)22-13-9-6-10-14-22/h5-17H,18H2,1-4H3,(H,26,27). The third-order valence-corrected chi connectivity index (χ3v) is 10.3. The Kier molecular flexibility index (Phi) is 6.06. The fourth-order valence-electron chi connectivity index (χ4n) is 4.00. The minimum Gasteiger partial charge on any atom is -0.478 e. The number of hydrogen-bond acceptors (Lipinski definition) is 2. The number of rotatable bonds is 6. The number of carboxylic acids is 1. The van der Waals surface area contributed by atoms with Gasteiger partial charge in [0.1, 0.15) is 0 Å². The van der Waals surface area contributed by atoms with E-state index in [2.05, 4.69) is 45.0 Å². The summed E-state index contributed by atoms with van der Waals surface area (Å²) >= 11 is 0. The van der Waals surface area contributed by atoms with Crippen LogP contribution in [0.25, 0.3) is 0 Å². The van der Waals surface area contributed by atoms with E-state index in [9.17, 15) is 9.90 Å². The van der Waals surface area contributed by atoms with Crippen molar-refractivity contribution in [2.24, 2.45) is 0 Å². The van der Waals surface area contributed by atoms with Crippen LogP contribution < -0.4 is 10.4 Å². The molecule has 0 radical (unpaired) electrons. The van der Waals surface area contributed by atoms with E-state index in [1.807, 2.05) is 55.5 Å². The summed E-state index contributed by atoms with van der Waals surface area (Å²) in [5.74, 6) is -0.925. The summed E-state index contributed by atoms with van der Waals surface area (Å²) in [7, 11) is -2.70. The third-order valence-electron chi connectivity index (χ3n) is 5.35. The van der Waals surface area contributed by atoms with E-state index in [1.165, 1.54) is 10.4 Å². The Morgan fingerprint density at radius 2 is 1.41 bits per heavy atom. The molecule has 1 N–H and O–H groups in total. The molecule has 150 valence electrons. The van der Waals surface area contributed by atoms with Crippen LogP contribution >= 0.6 is 0 Å². The van der Waals surface area contributed by atoms with Crippen molar-refractivity contribution in [1.29, 1.82) is 0 Å². The van der Waals surface area contributed by atoms with E-state index < -0.39 is 14.3 Å². The summed E-state index contributed by atoms with van der Waals surface area (Å²) < 4.78 is 6.87. The molecule has 0 fully saturated rings. The maximum absolute atomic E-state index is 11.8. The Hall–Kier alpha value is -2.69. The molecule has 4 heteroatoms. The Morgan fingerprint density at radius 3 is 1.86 bits per heavy atom. The molecule has 0 saturated heterocycles. The molecule has 0 saturated carbocycles. The van der Waals surface area contributed by atoms with E-state index in [1.54, 1.807) is 6.07 Å². The Labute approximate surface area is 174 Å². The average Bonchev–Trinajstić information content (AvgIpc) is 2.69. The lowest BCUT2D eigenvalue weighted by molar-refractivity contribution is 0.0693. The molecule has 0 unspecified atom stereocenters. The molecule has 3 rings (SSSR count). The molecule has 3 nitrogen and oxygen atoms in total. The topological polar surface area (TPSA) is 46.5 Å². The van der Waals surface area contributed by atoms with Crippen LogP contribution in [-0.4, -0.2) is 19.4 Å². The number of benzene rings is 3. The highest BCUT2D eigenvalue weighted by molar-refractivity contribution is 6.99. The van der Waals surface area contributed by atoms with Crippen molar-refractivity contribution < 1.29 is 14.3 Å². The highest BCUT2D eigenvalue weighted by Gasteiger charge is 2.50. The lowest BCUT2D eigenvalue weighted by Crippen LogP contribution is -2.66. The first kappa shape index (κ1) is 21.0. The summed E-state index contributed by atoms with van der Waals surface area (Å²) in [5.41, 5.74) is 2.04. The molecule has 0 aromatic heterocycles. The minimum absolute atomic E-state index is 0.150. The maximum atomic E-state index is 11.8. The van der Waals surface area contributed by atoms with Gasteiger partial charge >= 0.3 is 5.97 Å². The summed E-state index contributed by atoms with van der Waals surface area (Å²) in [6, 6.07) is 26.2. The van der Waals surface area contributed by atoms with Crippen LogP contribution in [0.3, 0.4) is 0 Å². The molecule has 0 aliphatic heterocycles. The van der Waals surface area contributed by atoms with Crippen LogP contribution in [0.2, 0.25) is 5.04 Å². The number of carboxylic acid groups (broad SMARTS) is 1. The number of carbonyl (C=O) groups is 1. The lowest BCUT2D eigenvalue weighted by atomic mass is 10.1. The molecule has 0 aliphatic carbocycles. The summed E-state index contributed by atoms with van der Waals surface area (Å²) in [4.78, 5) is 11.8. The predicted molar refractivity (Wildman–Crippen MR) is 121 cm³/mol. The monoisotopic (exact) mass is 404 g/mol. The van der Waals surface area contributed by atoms with E-state index in [4.69, 9.17) is 4.43 Å². The van der Waals surface area contributed by atoms with E-state index in [-0.39, 0.29) is 11.6 Å². The van der Waals surface area contributed by atoms with Gasteiger partial charge in [-0.15, -0.1) is 0 Å². The second-order valence-corrected chi connectivity index (χ2v) is 12.7. The van der Waals surface area contributed by atoms with Crippen molar-refractivity contribution in [3.63, 3.8) is 0 Å². The first-order valence-corrected chi connectivity index (χ1v) is 11.7. The highest BCUT2D eigenvalue weighted by atomic mass is 28.4. The minimum atomic E-state index is -2.70. The molecule has 29 heavy (non-hydrogen) atoms. The van der Waals surface area contributed by atoms with Crippen molar-refractivity contribution in [3.05, 3.63) is 95.6 Å². The Morgan fingerprint density at radius 1 is 0.897 bits per heavy atom. The van der Waals surface area contributed by atoms with Crippen LogP contribution in [0.5, 0.6) is 0 Å². The fraction of sp³-hybridized carbons (Fsp3) is 0.240. The maximum Gasteiger partial charge on any atom is 0.336 e. The molecule has 3 aromatic rings. The van der Waals surface area contributed by atoms with Gasteiger partial charge in [0.15, 0.2) is 0 Å². The number of hydrogen-bond donors (Lipinski definition) is 1. The van der Waals surface area contributed by atoms with Crippen molar-refractivity contribution in [2.75, 3.05) is 0 Å². The quantitative estimate of drug-likeness (QED) is 0.602. The Balaban J connectivity index is 2.15. The van der Waals surface area contributed by atoms with Crippen molar-refractivity contribution in [3.8, 4) is 0 Å². The van der Waals surface area contributed by atoms with Gasteiger partial charge < -0.3 is 9.53 Å². The van der Waals surface area contributed by atoms with Gasteiger partial charge in [0.25, 0.3) is 8.32 Å². The van der Waals surface area contributed by atoms with Crippen LogP contribution in [0.1, 0.15) is 42.3 Å². The van der Waals surface area contributed by atoms with Crippen LogP contribution in [0.4, 0.5) is 0 Å². The van der Waals surface area contributed by atoms with Gasteiger partial charge in [-0.25, -0.2) is 4.79 Å². The summed E-state index contributed by atoms with van der Waals surface area (Å²) in [6.45, 7) is 8.88. The predicted octanol–water partition coefficient (Wildman–Crippen LogP) is 4.77. The largest absolute Gasteiger partial charge is 0.478 e. The SMILES string of the molecule is Cc1ccc(C(=O)O)c(CO[Si](c2ccccc2)(c2ccccc2)C(C)(C)C)c1. The van der Waals surface area contributed by atoms with Gasteiger partial charge in [0.05, 0.1) is 12.2 Å². The fourth-order valence-corrected chi connectivity index (χ4v) is 8.53. The molecule has 0 amide bonds. The molecule has 0 heterocycles. The van der Waals surface area contributed by atoms with Crippen LogP contribution in [-0.2, 0) is 11.0 Å². The average molecular weight is 405 g/mol. The number of aryl methyl sites for hydroxylation is 1. The zero-order chi connectivity index (χ0) is 21.1. The van der Waals surface area contributed by atoms with Gasteiger partial charge in [-0.3, -0.25) is 0 Å². The molecule has 0 spiro atoms. The second kappa shape index (κ2) is 8.35. The van der Waals surface area contributed by atoms with Crippen LogP contribution in [0, 0.1) is 6.92 Å². The van der Waals surface area contributed by atoms with E-state index >= 15 is 0 Å². The Bertz CT molecular complexity index is 936. The van der Waals surface area contributed by atoms with Gasteiger partial charge in [-0.1, -0.05) is 99.1 Å². The molecule has 0 aliphatic rings. The zero-order valence-corrected chi connectivity index (χ0v) is 18.5. The molecular formula is C25H28O3Si. The van der Waals surface area contributed by atoms with Crippen molar-refractivity contribution in [1.82, 2.24) is 0 Å². The van der Waals surface area contributed by atoms with E-state index in [0.29, 0.717) is 11.1 Å². The second-order valence-electron chi connectivity index (χ2n) is 8.42. The van der Waals surface area contributed by atoms with E-state index in [0.717, 1.165) is 5.56 Å². The third kappa shape index (κ3) is 4.19. The lowest BCUT2D eigenvalue weighted by Gasteiger charge is -2.43. The normalized spacial score (nSPS) is 12.0. The smallest absolute Gasteiger partial charge is 0.336 e. The molecule has 0 bridgehead atoms. The summed E-state index contributed by atoms with van der Waals surface area (Å²) in [5, 5.41) is 11.9. The first-order chi connectivity index (χ1) is 13.8. The van der Waals surface area contributed by atoms with Gasteiger partial charge in [-0.2, -0.15) is 0 Å². The summed E-state index contributed by atoms with van der Waals surface area (Å²) in [6.07, 6.45) is 0. The van der Waals surface area contributed by atoms with Gasteiger partial charge in [0.2, 0.25) is 0 Å². The van der Waals surface area contributed by atoms with Crippen molar-refractivity contribution in [2.45, 2.75) is 39.3 Å². The molecular weight excluding hydrogens is 376 g/mol. The van der Waals surface area contributed by atoms with Gasteiger partial charge in [-0.05, 0) is 34.0 Å². The molecule has 3 aromatic carbocycles. The zero-order valence-electron chi connectivity index (χ0n) is 17.5.